The van der Waals surface area contributed by atoms with Gasteiger partial charge in [-0.1, -0.05) is 36.0 Å². The lowest BCUT2D eigenvalue weighted by Gasteiger charge is -2.26. The maximum atomic E-state index is 13.1. The fourth-order valence-electron chi connectivity index (χ4n) is 4.35. The molecule has 2 aromatic rings. The molecule has 0 radical (unpaired) electrons. The summed E-state index contributed by atoms with van der Waals surface area (Å²) in [7, 11) is -3.86. The van der Waals surface area contributed by atoms with Gasteiger partial charge in [-0.2, -0.15) is 9.71 Å². The molecule has 2 saturated carbocycles. The number of nitrogens with one attached hydrogen (secondary N) is 1. The minimum atomic E-state index is -3.86. The van der Waals surface area contributed by atoms with E-state index in [0.717, 1.165) is 38.5 Å². The maximum Gasteiger partial charge on any atom is 0.248 e. The highest BCUT2D eigenvalue weighted by molar-refractivity contribution is 7.89. The number of rotatable bonds is 5. The molecule has 9 nitrogen and oxygen atoms in total. The first-order valence-corrected chi connectivity index (χ1v) is 10.8. The van der Waals surface area contributed by atoms with Crippen LogP contribution in [0.3, 0.4) is 0 Å². The summed E-state index contributed by atoms with van der Waals surface area (Å²) in [6.07, 6.45) is 6.61. The summed E-state index contributed by atoms with van der Waals surface area (Å²) in [5.41, 5.74) is 5.26. The van der Waals surface area contributed by atoms with Gasteiger partial charge in [0.1, 0.15) is 16.1 Å². The van der Waals surface area contributed by atoms with Crippen LogP contribution in [0.1, 0.15) is 74.5 Å². The average molecular weight is 432 g/mol. The summed E-state index contributed by atoms with van der Waals surface area (Å²) in [6, 6.07) is 0. The van der Waals surface area contributed by atoms with E-state index < -0.39 is 21.1 Å². The Kier molecular flexibility index (Phi) is 5.61. The molecule has 4 rings (SSSR count). The fourth-order valence-corrected chi connectivity index (χ4v) is 6.10. The van der Waals surface area contributed by atoms with Crippen LogP contribution < -0.4 is 10.5 Å². The number of hydrogen-bond acceptors (Lipinski definition) is 8. The van der Waals surface area contributed by atoms with Gasteiger partial charge in [0.05, 0.1) is 5.54 Å². The number of aryl methyl sites for hydroxylation is 2. The number of aromatic nitrogens is 3. The summed E-state index contributed by atoms with van der Waals surface area (Å²) in [5, 5.41) is 7.87. The third kappa shape index (κ3) is 3.47. The Morgan fingerprint density at radius 1 is 1.00 bits per heavy atom. The van der Waals surface area contributed by atoms with Crippen LogP contribution >= 0.6 is 12.4 Å². The summed E-state index contributed by atoms with van der Waals surface area (Å²) in [6.45, 7) is 3.19. The van der Waals surface area contributed by atoms with E-state index in [1.54, 1.807) is 13.8 Å². The molecule has 0 atom stereocenters. The van der Waals surface area contributed by atoms with E-state index in [2.05, 4.69) is 20.0 Å². The molecule has 0 aromatic carbocycles. The van der Waals surface area contributed by atoms with Gasteiger partial charge in [-0.3, -0.25) is 0 Å². The van der Waals surface area contributed by atoms with Crippen LogP contribution in [-0.4, -0.2) is 23.7 Å². The Bertz CT molecular complexity index is 923. The van der Waals surface area contributed by atoms with Gasteiger partial charge in [-0.15, -0.1) is 12.4 Å². The first-order valence-electron chi connectivity index (χ1n) is 9.36. The van der Waals surface area contributed by atoms with E-state index in [4.69, 9.17) is 14.8 Å². The van der Waals surface area contributed by atoms with Gasteiger partial charge in [0.25, 0.3) is 0 Å². The number of hydrogen-bond donors (Lipinski definition) is 2. The van der Waals surface area contributed by atoms with Crippen LogP contribution in [0.25, 0.3) is 0 Å². The van der Waals surface area contributed by atoms with Gasteiger partial charge in [0.15, 0.2) is 11.6 Å². The Labute approximate surface area is 170 Å². The number of nitrogens with two attached hydrogens (primary N) is 1. The van der Waals surface area contributed by atoms with Crippen molar-refractivity contribution in [1.82, 2.24) is 20.0 Å². The molecule has 0 spiro atoms. The Morgan fingerprint density at radius 2 is 1.61 bits per heavy atom. The molecule has 2 aliphatic carbocycles. The minimum absolute atomic E-state index is 0. The summed E-state index contributed by atoms with van der Waals surface area (Å²) < 4.78 is 39.5. The number of nitrogens with zero attached hydrogens (tertiary/aromatic N) is 3. The Morgan fingerprint density at radius 3 is 2.18 bits per heavy atom. The zero-order valence-corrected chi connectivity index (χ0v) is 17.7. The molecule has 2 fully saturated rings. The highest BCUT2D eigenvalue weighted by Gasteiger charge is 2.47. The lowest BCUT2D eigenvalue weighted by atomic mass is 9.97. The van der Waals surface area contributed by atoms with Crippen molar-refractivity contribution in [3.63, 3.8) is 0 Å². The highest BCUT2D eigenvalue weighted by Crippen LogP contribution is 2.41. The maximum absolute atomic E-state index is 13.1. The smallest absolute Gasteiger partial charge is 0.248 e. The largest absolute Gasteiger partial charge is 0.360 e. The second kappa shape index (κ2) is 7.40. The molecule has 28 heavy (non-hydrogen) atoms. The third-order valence-corrected chi connectivity index (χ3v) is 7.58. The molecule has 0 amide bonds. The van der Waals surface area contributed by atoms with Gasteiger partial charge >= 0.3 is 0 Å². The van der Waals surface area contributed by atoms with Crippen LogP contribution in [0.5, 0.6) is 0 Å². The van der Waals surface area contributed by atoms with E-state index in [1.165, 1.54) is 0 Å². The summed E-state index contributed by atoms with van der Waals surface area (Å²) in [4.78, 5) is 4.63. The second-order valence-corrected chi connectivity index (χ2v) is 9.45. The Balaban J connectivity index is 0.00000225. The van der Waals surface area contributed by atoms with Crippen molar-refractivity contribution in [3.05, 3.63) is 23.2 Å². The van der Waals surface area contributed by atoms with Crippen molar-refractivity contribution in [1.29, 1.82) is 0 Å². The molecule has 11 heteroatoms. The van der Waals surface area contributed by atoms with Crippen molar-refractivity contribution < 1.29 is 17.5 Å². The lowest BCUT2D eigenvalue weighted by Crippen LogP contribution is -2.44. The highest BCUT2D eigenvalue weighted by atomic mass is 35.5. The van der Waals surface area contributed by atoms with Crippen molar-refractivity contribution >= 4 is 22.4 Å². The van der Waals surface area contributed by atoms with Crippen LogP contribution in [-0.2, 0) is 21.1 Å². The van der Waals surface area contributed by atoms with Gasteiger partial charge in [0, 0.05) is 0 Å². The quantitative estimate of drug-likeness (QED) is 0.736. The minimum Gasteiger partial charge on any atom is -0.360 e. The molecule has 2 aromatic heterocycles. The van der Waals surface area contributed by atoms with E-state index in [1.807, 2.05) is 0 Å². The fraction of sp³-hybridized carbons (Fsp3) is 0.706. The molecule has 0 bridgehead atoms. The molecule has 0 saturated heterocycles. The second-order valence-electron chi connectivity index (χ2n) is 7.83. The lowest BCUT2D eigenvalue weighted by molar-refractivity contribution is 0.262. The summed E-state index contributed by atoms with van der Waals surface area (Å²) in [5.74, 6) is 1.02. The predicted octanol–water partition coefficient (Wildman–Crippen LogP) is 2.57. The monoisotopic (exact) mass is 431 g/mol. The van der Waals surface area contributed by atoms with Crippen LogP contribution in [0.4, 0.5) is 0 Å². The summed E-state index contributed by atoms with van der Waals surface area (Å²) >= 11 is 0. The first-order chi connectivity index (χ1) is 12.8. The first kappa shape index (κ1) is 21.2. The van der Waals surface area contributed by atoms with Gasteiger partial charge in [0.2, 0.25) is 15.9 Å². The van der Waals surface area contributed by atoms with Gasteiger partial charge in [-0.25, -0.2) is 8.42 Å². The van der Waals surface area contributed by atoms with E-state index >= 15 is 0 Å². The van der Waals surface area contributed by atoms with Crippen LogP contribution in [0.15, 0.2) is 13.9 Å². The van der Waals surface area contributed by atoms with Crippen molar-refractivity contribution in [2.45, 2.75) is 81.2 Å². The molecule has 2 heterocycles. The van der Waals surface area contributed by atoms with Gasteiger partial charge < -0.3 is 14.8 Å². The molecule has 2 aliphatic rings. The van der Waals surface area contributed by atoms with Crippen molar-refractivity contribution in [2.24, 2.45) is 5.73 Å². The third-order valence-electron chi connectivity index (χ3n) is 5.80. The topological polar surface area (TPSA) is 137 Å². The van der Waals surface area contributed by atoms with Gasteiger partial charge in [-0.05, 0) is 39.5 Å². The molecular formula is C17H26ClN5O4S. The standard InChI is InChI=1S/C17H25N5O4S.ClH/c1-11-13(12(2)25-20-11)27(23,24)22-17(9-5-6-10-17)15-19-14(21-26-15)16(18)7-3-4-8-16;/h22H,3-10,18H2,1-2H3;1H. The molecule has 3 N–H and O–H groups in total. The zero-order valence-electron chi connectivity index (χ0n) is 16.0. The van der Waals surface area contributed by atoms with Crippen LogP contribution in [0, 0.1) is 13.8 Å². The SMILES string of the molecule is Cc1noc(C)c1S(=O)(=O)NC1(c2nc(C3(N)CCCC3)no2)CCCC1.Cl. The molecule has 0 unspecified atom stereocenters. The van der Waals surface area contributed by atoms with Crippen LogP contribution in [0.2, 0.25) is 0 Å². The van der Waals surface area contributed by atoms with E-state index in [9.17, 15) is 8.42 Å². The van der Waals surface area contributed by atoms with Crippen molar-refractivity contribution in [2.75, 3.05) is 0 Å². The molecule has 156 valence electrons. The Hall–Kier alpha value is -1.49. The zero-order chi connectivity index (χ0) is 19.3. The van der Waals surface area contributed by atoms with E-state index in [0.29, 0.717) is 30.3 Å². The number of sulfonamides is 1. The number of halogens is 1. The van der Waals surface area contributed by atoms with E-state index in [-0.39, 0.29) is 23.1 Å². The normalized spacial score (nSPS) is 21.0. The average Bonchev–Trinajstić information content (AvgIpc) is 3.35. The predicted molar refractivity (Wildman–Crippen MR) is 102 cm³/mol. The molecular weight excluding hydrogens is 406 g/mol. The van der Waals surface area contributed by atoms with Crippen molar-refractivity contribution in [3.8, 4) is 0 Å². The molecule has 0 aliphatic heterocycles.